The normalized spacial score (nSPS) is 15.6. The van der Waals surface area contributed by atoms with E-state index >= 15 is 0 Å². The predicted octanol–water partition coefficient (Wildman–Crippen LogP) is 3.95. The average molecular weight is 310 g/mol. The number of carbonyl (C=O) groups excluding carboxylic acids is 1. The molecule has 0 aliphatic heterocycles. The van der Waals surface area contributed by atoms with Crippen molar-refractivity contribution in [3.05, 3.63) is 59.7 Å². The van der Waals surface area contributed by atoms with Crippen LogP contribution in [0.3, 0.4) is 0 Å². The van der Waals surface area contributed by atoms with Gasteiger partial charge in [0.15, 0.2) is 11.5 Å². The van der Waals surface area contributed by atoms with Gasteiger partial charge in [-0.3, -0.25) is 4.79 Å². The van der Waals surface area contributed by atoms with Gasteiger partial charge in [-0.05, 0) is 48.7 Å². The highest BCUT2D eigenvalue weighted by Gasteiger charge is 2.51. The molecule has 5 heteroatoms. The molecular weight excluding hydrogens is 295 g/mol. The molecule has 1 N–H and O–H groups in total. The smallest absolute Gasteiger partial charge is 0.235 e. The number of aromatic nitrogens is 1. The highest BCUT2D eigenvalue weighted by molar-refractivity contribution is 6.02. The van der Waals surface area contributed by atoms with Crippen LogP contribution in [-0.4, -0.2) is 10.9 Å². The molecule has 4 rings (SSSR count). The van der Waals surface area contributed by atoms with Crippen molar-refractivity contribution in [1.29, 1.82) is 0 Å². The first kappa shape index (κ1) is 13.9. The van der Waals surface area contributed by atoms with E-state index in [2.05, 4.69) is 10.3 Å². The van der Waals surface area contributed by atoms with Crippen molar-refractivity contribution in [3.63, 3.8) is 0 Å². The first-order chi connectivity index (χ1) is 11.1. The summed E-state index contributed by atoms with van der Waals surface area (Å²) in [6.45, 7) is 1.78. The Morgan fingerprint density at radius 2 is 1.96 bits per heavy atom. The van der Waals surface area contributed by atoms with E-state index in [4.69, 9.17) is 4.42 Å². The Labute approximate surface area is 132 Å². The quantitative estimate of drug-likeness (QED) is 0.797. The molecule has 116 valence electrons. The molecule has 0 unspecified atom stereocenters. The summed E-state index contributed by atoms with van der Waals surface area (Å²) in [5, 5.41) is 2.94. The molecule has 1 amide bonds. The third kappa shape index (κ3) is 2.38. The lowest BCUT2D eigenvalue weighted by atomic mass is 9.95. The molecule has 0 bridgehead atoms. The average Bonchev–Trinajstić information content (AvgIpc) is 3.25. The molecule has 3 aromatic rings. The fourth-order valence-electron chi connectivity index (χ4n) is 2.91. The van der Waals surface area contributed by atoms with Gasteiger partial charge in [-0.2, -0.15) is 0 Å². The molecule has 1 fully saturated rings. The Balaban J connectivity index is 1.59. The lowest BCUT2D eigenvalue weighted by Gasteiger charge is -2.15. The van der Waals surface area contributed by atoms with E-state index in [1.165, 1.54) is 12.1 Å². The van der Waals surface area contributed by atoms with E-state index in [-0.39, 0.29) is 11.7 Å². The van der Waals surface area contributed by atoms with Crippen LogP contribution in [-0.2, 0) is 10.2 Å². The SMILES string of the molecule is Cc1nc2cc(NC(=O)C3(c4ccc(F)cc4)CC3)ccc2o1. The second-order valence-corrected chi connectivity index (χ2v) is 5.96. The second-order valence-electron chi connectivity index (χ2n) is 5.96. The van der Waals surface area contributed by atoms with Gasteiger partial charge in [-0.15, -0.1) is 0 Å². The molecule has 1 aliphatic carbocycles. The molecule has 23 heavy (non-hydrogen) atoms. The van der Waals surface area contributed by atoms with Gasteiger partial charge >= 0.3 is 0 Å². The minimum Gasteiger partial charge on any atom is -0.441 e. The van der Waals surface area contributed by atoms with Crippen molar-refractivity contribution in [3.8, 4) is 0 Å². The largest absolute Gasteiger partial charge is 0.441 e. The van der Waals surface area contributed by atoms with Gasteiger partial charge in [0.2, 0.25) is 5.91 Å². The third-order valence-electron chi connectivity index (χ3n) is 4.33. The van der Waals surface area contributed by atoms with Gasteiger partial charge < -0.3 is 9.73 Å². The van der Waals surface area contributed by atoms with E-state index in [0.29, 0.717) is 22.7 Å². The molecule has 1 aliphatic rings. The van der Waals surface area contributed by atoms with Crippen molar-refractivity contribution in [2.24, 2.45) is 0 Å². The molecule has 4 nitrogen and oxygen atoms in total. The van der Waals surface area contributed by atoms with E-state index in [1.807, 2.05) is 0 Å². The predicted molar refractivity (Wildman–Crippen MR) is 84.7 cm³/mol. The number of fused-ring (bicyclic) bond motifs is 1. The Bertz CT molecular complexity index is 895. The van der Waals surface area contributed by atoms with E-state index in [1.54, 1.807) is 37.3 Å². The Morgan fingerprint density at radius 1 is 1.22 bits per heavy atom. The van der Waals surface area contributed by atoms with Crippen LogP contribution in [0.15, 0.2) is 46.9 Å². The topological polar surface area (TPSA) is 55.1 Å². The van der Waals surface area contributed by atoms with Crippen molar-refractivity contribution in [1.82, 2.24) is 4.98 Å². The fourth-order valence-corrected chi connectivity index (χ4v) is 2.91. The van der Waals surface area contributed by atoms with Crippen molar-refractivity contribution in [2.45, 2.75) is 25.2 Å². The van der Waals surface area contributed by atoms with Crippen molar-refractivity contribution >= 4 is 22.7 Å². The van der Waals surface area contributed by atoms with Crippen LogP contribution in [0.4, 0.5) is 10.1 Å². The highest BCUT2D eigenvalue weighted by atomic mass is 19.1. The van der Waals surface area contributed by atoms with E-state index in [9.17, 15) is 9.18 Å². The molecule has 0 saturated heterocycles. The Kier molecular flexibility index (Phi) is 2.98. The maximum absolute atomic E-state index is 13.1. The van der Waals surface area contributed by atoms with Crippen LogP contribution in [0.5, 0.6) is 0 Å². The molecule has 0 atom stereocenters. The zero-order valence-electron chi connectivity index (χ0n) is 12.6. The number of amides is 1. The summed E-state index contributed by atoms with van der Waals surface area (Å²) in [6.07, 6.45) is 1.55. The number of anilines is 1. The van der Waals surface area contributed by atoms with Crippen LogP contribution in [0.1, 0.15) is 24.3 Å². The third-order valence-corrected chi connectivity index (χ3v) is 4.33. The first-order valence-corrected chi connectivity index (χ1v) is 7.52. The number of halogens is 1. The summed E-state index contributed by atoms with van der Waals surface area (Å²) in [6, 6.07) is 11.6. The number of oxazole rings is 1. The van der Waals surface area contributed by atoms with Gasteiger partial charge in [0.05, 0.1) is 5.41 Å². The summed E-state index contributed by atoms with van der Waals surface area (Å²) in [5.41, 5.74) is 2.41. The lowest BCUT2D eigenvalue weighted by Crippen LogP contribution is -2.27. The fraction of sp³-hybridized carbons (Fsp3) is 0.222. The monoisotopic (exact) mass is 310 g/mol. The number of nitrogens with one attached hydrogen (secondary N) is 1. The highest BCUT2D eigenvalue weighted by Crippen LogP contribution is 2.49. The van der Waals surface area contributed by atoms with E-state index < -0.39 is 5.41 Å². The Morgan fingerprint density at radius 3 is 2.65 bits per heavy atom. The van der Waals surface area contributed by atoms with Crippen LogP contribution in [0, 0.1) is 12.7 Å². The maximum atomic E-state index is 13.1. The minimum atomic E-state index is -0.539. The zero-order valence-corrected chi connectivity index (χ0v) is 12.6. The molecule has 2 aromatic carbocycles. The summed E-state index contributed by atoms with van der Waals surface area (Å²) in [5.74, 6) is 0.230. The number of benzene rings is 2. The summed E-state index contributed by atoms with van der Waals surface area (Å²) < 4.78 is 18.5. The van der Waals surface area contributed by atoms with Crippen molar-refractivity contribution in [2.75, 3.05) is 5.32 Å². The molecular formula is C18H15FN2O2. The van der Waals surface area contributed by atoms with Crippen LogP contribution >= 0.6 is 0 Å². The van der Waals surface area contributed by atoms with Crippen LogP contribution in [0.2, 0.25) is 0 Å². The molecule has 1 heterocycles. The number of aryl methyl sites for hydroxylation is 1. The zero-order chi connectivity index (χ0) is 16.0. The summed E-state index contributed by atoms with van der Waals surface area (Å²) >= 11 is 0. The van der Waals surface area contributed by atoms with Gasteiger partial charge in [0.1, 0.15) is 11.3 Å². The first-order valence-electron chi connectivity index (χ1n) is 7.52. The number of carbonyl (C=O) groups is 1. The van der Waals surface area contributed by atoms with Gasteiger partial charge in [-0.1, -0.05) is 12.1 Å². The second kappa shape index (κ2) is 4.91. The van der Waals surface area contributed by atoms with Gasteiger partial charge in [0.25, 0.3) is 0 Å². The molecule has 1 saturated carbocycles. The molecule has 0 radical (unpaired) electrons. The number of rotatable bonds is 3. The Hall–Kier alpha value is -2.69. The summed E-state index contributed by atoms with van der Waals surface area (Å²) in [4.78, 5) is 16.9. The lowest BCUT2D eigenvalue weighted by molar-refractivity contribution is -0.118. The number of nitrogens with zero attached hydrogens (tertiary/aromatic N) is 1. The van der Waals surface area contributed by atoms with Gasteiger partial charge in [-0.25, -0.2) is 9.37 Å². The number of hydrogen-bond donors (Lipinski definition) is 1. The van der Waals surface area contributed by atoms with E-state index in [0.717, 1.165) is 18.4 Å². The van der Waals surface area contributed by atoms with Crippen LogP contribution < -0.4 is 5.32 Å². The summed E-state index contributed by atoms with van der Waals surface area (Å²) in [7, 11) is 0. The van der Waals surface area contributed by atoms with Gasteiger partial charge in [0, 0.05) is 12.6 Å². The van der Waals surface area contributed by atoms with Crippen molar-refractivity contribution < 1.29 is 13.6 Å². The maximum Gasteiger partial charge on any atom is 0.235 e. The number of hydrogen-bond acceptors (Lipinski definition) is 3. The molecule has 1 aromatic heterocycles. The van der Waals surface area contributed by atoms with Crippen LogP contribution in [0.25, 0.3) is 11.1 Å². The molecule has 0 spiro atoms. The minimum absolute atomic E-state index is 0.0660. The standard InChI is InChI=1S/C18H15FN2O2/c1-11-20-15-10-14(6-7-16(15)23-11)21-17(22)18(8-9-18)12-2-4-13(19)5-3-12/h2-7,10H,8-9H2,1H3,(H,21,22).